The summed E-state index contributed by atoms with van der Waals surface area (Å²) in [5.74, 6) is 0.810. The van der Waals surface area contributed by atoms with Crippen molar-refractivity contribution >= 4 is 27.6 Å². The van der Waals surface area contributed by atoms with E-state index in [9.17, 15) is 8.42 Å². The summed E-state index contributed by atoms with van der Waals surface area (Å²) >= 11 is 0. The highest BCUT2D eigenvalue weighted by Crippen LogP contribution is 2.23. The Balaban J connectivity index is 1.47. The van der Waals surface area contributed by atoms with Gasteiger partial charge in [-0.05, 0) is 35.9 Å². The van der Waals surface area contributed by atoms with Crippen molar-refractivity contribution in [1.29, 1.82) is 0 Å². The lowest BCUT2D eigenvalue weighted by Gasteiger charge is -2.27. The SMILES string of the molecule is O=S(=O)(/C=C/c1ccccc1)Nc1cccc(-c2ccc(N3CCOCC3)nn2)c1. The third-order valence-electron chi connectivity index (χ3n) is 4.64. The van der Waals surface area contributed by atoms with E-state index in [0.29, 0.717) is 24.6 Å². The highest BCUT2D eigenvalue weighted by Gasteiger charge is 2.13. The Morgan fingerprint density at radius 3 is 2.47 bits per heavy atom. The summed E-state index contributed by atoms with van der Waals surface area (Å²) in [4.78, 5) is 2.13. The minimum absolute atomic E-state index is 0.462. The van der Waals surface area contributed by atoms with Gasteiger partial charge in [0.05, 0.1) is 24.3 Å². The predicted molar refractivity (Wildman–Crippen MR) is 119 cm³/mol. The molecule has 1 saturated heterocycles. The van der Waals surface area contributed by atoms with Crippen LogP contribution in [0.4, 0.5) is 11.5 Å². The normalized spacial score (nSPS) is 14.7. The van der Waals surface area contributed by atoms with Crippen LogP contribution in [0.25, 0.3) is 17.3 Å². The summed E-state index contributed by atoms with van der Waals surface area (Å²) in [6.07, 6.45) is 1.56. The molecule has 0 amide bonds. The van der Waals surface area contributed by atoms with E-state index in [-0.39, 0.29) is 0 Å². The molecule has 0 unspecified atom stereocenters. The molecule has 2 aromatic carbocycles. The second-order valence-corrected chi connectivity index (χ2v) is 8.38. The fourth-order valence-corrected chi connectivity index (χ4v) is 3.97. The van der Waals surface area contributed by atoms with E-state index in [0.717, 1.165) is 35.4 Å². The molecule has 1 aliphatic heterocycles. The fourth-order valence-electron chi connectivity index (χ4n) is 3.11. The van der Waals surface area contributed by atoms with Crippen molar-refractivity contribution in [3.63, 3.8) is 0 Å². The van der Waals surface area contributed by atoms with Crippen LogP contribution in [0.2, 0.25) is 0 Å². The van der Waals surface area contributed by atoms with E-state index in [1.807, 2.05) is 48.5 Å². The number of sulfonamides is 1. The number of benzene rings is 2. The molecular weight excluding hydrogens is 400 g/mol. The van der Waals surface area contributed by atoms with Crippen LogP contribution in [0.3, 0.4) is 0 Å². The third kappa shape index (κ3) is 5.22. The Bertz CT molecular complexity index is 1110. The Kier molecular flexibility index (Phi) is 6.06. The molecule has 8 heteroatoms. The number of hydrogen-bond acceptors (Lipinski definition) is 6. The zero-order valence-electron chi connectivity index (χ0n) is 16.3. The highest BCUT2D eigenvalue weighted by atomic mass is 32.2. The molecule has 4 rings (SSSR count). The van der Waals surface area contributed by atoms with E-state index in [2.05, 4.69) is 19.8 Å². The minimum atomic E-state index is -3.64. The summed E-state index contributed by atoms with van der Waals surface area (Å²) in [5, 5.41) is 9.79. The maximum absolute atomic E-state index is 12.4. The first kappa shape index (κ1) is 20.1. The lowest BCUT2D eigenvalue weighted by Crippen LogP contribution is -2.36. The fraction of sp³-hybridized carbons (Fsp3) is 0.182. The average molecular weight is 423 g/mol. The van der Waals surface area contributed by atoms with Gasteiger partial charge < -0.3 is 9.64 Å². The quantitative estimate of drug-likeness (QED) is 0.656. The smallest absolute Gasteiger partial charge is 0.255 e. The van der Waals surface area contributed by atoms with Crippen LogP contribution in [-0.4, -0.2) is 44.9 Å². The number of nitrogens with zero attached hydrogens (tertiary/aromatic N) is 3. The Morgan fingerprint density at radius 1 is 0.933 bits per heavy atom. The molecule has 0 aliphatic carbocycles. The van der Waals surface area contributed by atoms with Gasteiger partial charge in [0.25, 0.3) is 10.0 Å². The number of morpholine rings is 1. The molecule has 7 nitrogen and oxygen atoms in total. The number of anilines is 2. The van der Waals surface area contributed by atoms with Gasteiger partial charge in [-0.2, -0.15) is 0 Å². The molecule has 0 bridgehead atoms. The standard InChI is InChI=1S/C22H22N4O3S/c27-30(28,16-11-18-5-2-1-3-6-18)25-20-8-4-7-19(17-20)21-9-10-22(24-23-21)26-12-14-29-15-13-26/h1-11,16-17,25H,12-15H2/b16-11+. The monoisotopic (exact) mass is 422 g/mol. The Hall–Kier alpha value is -3.23. The van der Waals surface area contributed by atoms with Gasteiger partial charge in [-0.25, -0.2) is 8.42 Å². The zero-order chi connectivity index (χ0) is 20.8. The molecule has 1 aliphatic rings. The minimum Gasteiger partial charge on any atom is -0.378 e. The summed E-state index contributed by atoms with van der Waals surface area (Å²) in [6, 6.07) is 20.2. The van der Waals surface area contributed by atoms with Crippen LogP contribution in [0.1, 0.15) is 5.56 Å². The van der Waals surface area contributed by atoms with Crippen molar-refractivity contribution in [2.45, 2.75) is 0 Å². The second-order valence-electron chi connectivity index (χ2n) is 6.82. The lowest BCUT2D eigenvalue weighted by molar-refractivity contribution is 0.122. The van der Waals surface area contributed by atoms with E-state index in [1.165, 1.54) is 0 Å². The molecule has 0 spiro atoms. The molecule has 3 aromatic rings. The number of aromatic nitrogens is 2. The van der Waals surface area contributed by atoms with Gasteiger partial charge in [0.1, 0.15) is 0 Å². The van der Waals surface area contributed by atoms with Gasteiger partial charge in [0, 0.05) is 24.3 Å². The van der Waals surface area contributed by atoms with Crippen LogP contribution in [-0.2, 0) is 14.8 Å². The molecular formula is C22H22N4O3S. The second kappa shape index (κ2) is 9.06. The summed E-state index contributed by atoms with van der Waals surface area (Å²) in [7, 11) is -3.64. The molecule has 30 heavy (non-hydrogen) atoms. The molecule has 154 valence electrons. The van der Waals surface area contributed by atoms with E-state index < -0.39 is 10.0 Å². The molecule has 0 radical (unpaired) electrons. The van der Waals surface area contributed by atoms with Crippen molar-refractivity contribution in [1.82, 2.24) is 10.2 Å². The van der Waals surface area contributed by atoms with Crippen molar-refractivity contribution in [3.05, 3.63) is 77.7 Å². The first-order valence-corrected chi connectivity index (χ1v) is 11.2. The van der Waals surface area contributed by atoms with Crippen molar-refractivity contribution < 1.29 is 13.2 Å². The summed E-state index contributed by atoms with van der Waals surface area (Å²) in [6.45, 7) is 2.96. The maximum atomic E-state index is 12.4. The number of nitrogens with one attached hydrogen (secondary N) is 1. The molecule has 0 atom stereocenters. The van der Waals surface area contributed by atoms with Gasteiger partial charge in [-0.3, -0.25) is 4.72 Å². The number of hydrogen-bond donors (Lipinski definition) is 1. The summed E-state index contributed by atoms with van der Waals surface area (Å²) < 4.78 is 32.7. The van der Waals surface area contributed by atoms with Gasteiger partial charge in [-0.1, -0.05) is 42.5 Å². The average Bonchev–Trinajstić information content (AvgIpc) is 2.79. The van der Waals surface area contributed by atoms with Crippen LogP contribution >= 0.6 is 0 Å². The van der Waals surface area contributed by atoms with Crippen LogP contribution in [0, 0.1) is 0 Å². The van der Waals surface area contributed by atoms with Gasteiger partial charge in [-0.15, -0.1) is 10.2 Å². The van der Waals surface area contributed by atoms with Crippen LogP contribution in [0.5, 0.6) is 0 Å². The Morgan fingerprint density at radius 2 is 1.73 bits per heavy atom. The van der Waals surface area contributed by atoms with Gasteiger partial charge in [0.2, 0.25) is 0 Å². The summed E-state index contributed by atoms with van der Waals surface area (Å²) in [5.41, 5.74) is 2.73. The molecule has 1 fully saturated rings. The van der Waals surface area contributed by atoms with E-state index in [1.54, 1.807) is 24.3 Å². The first-order chi connectivity index (χ1) is 14.6. The molecule has 1 aromatic heterocycles. The van der Waals surface area contributed by atoms with Crippen molar-refractivity contribution in [3.8, 4) is 11.3 Å². The van der Waals surface area contributed by atoms with Crippen LogP contribution in [0.15, 0.2) is 72.1 Å². The van der Waals surface area contributed by atoms with Gasteiger partial charge in [0.15, 0.2) is 5.82 Å². The lowest BCUT2D eigenvalue weighted by atomic mass is 10.1. The van der Waals surface area contributed by atoms with Gasteiger partial charge >= 0.3 is 0 Å². The molecule has 2 heterocycles. The number of ether oxygens (including phenoxy) is 1. The van der Waals surface area contributed by atoms with Crippen molar-refractivity contribution in [2.24, 2.45) is 0 Å². The predicted octanol–water partition coefficient (Wildman–Crippen LogP) is 3.39. The first-order valence-electron chi connectivity index (χ1n) is 9.62. The molecule has 1 N–H and O–H groups in total. The van der Waals surface area contributed by atoms with Crippen molar-refractivity contribution in [2.75, 3.05) is 35.9 Å². The van der Waals surface area contributed by atoms with E-state index in [4.69, 9.17) is 4.74 Å². The highest BCUT2D eigenvalue weighted by molar-refractivity contribution is 7.95. The van der Waals surface area contributed by atoms with Crippen LogP contribution < -0.4 is 9.62 Å². The number of rotatable bonds is 6. The third-order valence-corrected chi connectivity index (χ3v) is 5.66. The Labute approximate surface area is 176 Å². The molecule has 0 saturated carbocycles. The maximum Gasteiger partial charge on any atom is 0.255 e. The zero-order valence-corrected chi connectivity index (χ0v) is 17.1. The van der Waals surface area contributed by atoms with E-state index >= 15 is 0 Å². The topological polar surface area (TPSA) is 84.4 Å². The largest absolute Gasteiger partial charge is 0.378 e.